The molecule has 2 heterocycles. The maximum atomic E-state index is 12.8. The van der Waals surface area contributed by atoms with Crippen LogP contribution in [0.1, 0.15) is 29.7 Å². The number of aryl methyl sites for hydroxylation is 2. The lowest BCUT2D eigenvalue weighted by Crippen LogP contribution is -2.15. The van der Waals surface area contributed by atoms with Crippen molar-refractivity contribution in [3.8, 4) is 0 Å². The van der Waals surface area contributed by atoms with Crippen LogP contribution in [0.15, 0.2) is 27.8 Å². The maximum Gasteiger partial charge on any atom is 0.265 e. The number of anilines is 1. The summed E-state index contributed by atoms with van der Waals surface area (Å²) < 4.78 is 52.3. The van der Waals surface area contributed by atoms with Crippen molar-refractivity contribution in [2.24, 2.45) is 0 Å². The normalized spacial score (nSPS) is 14.4. The van der Waals surface area contributed by atoms with E-state index in [1.807, 2.05) is 6.07 Å². The maximum absolute atomic E-state index is 12.8. The Bertz CT molecular complexity index is 772. The highest BCUT2D eigenvalue weighted by Crippen LogP contribution is 2.31. The Morgan fingerprint density at radius 2 is 2.05 bits per heavy atom. The molecule has 0 fully saturated rings. The van der Waals surface area contributed by atoms with E-state index in [4.69, 9.17) is 0 Å². The third kappa shape index (κ3) is 2.77. The number of hydrogen-bond acceptors (Lipinski definition) is 4. The second-order valence-electron chi connectivity index (χ2n) is 4.75. The summed E-state index contributed by atoms with van der Waals surface area (Å²) in [6.07, 6.45) is -0.0737. The van der Waals surface area contributed by atoms with Crippen LogP contribution in [0.25, 0.3) is 0 Å². The first-order valence-electron chi connectivity index (χ1n) is 6.33. The van der Waals surface area contributed by atoms with E-state index in [2.05, 4.69) is 9.71 Å². The summed E-state index contributed by atoms with van der Waals surface area (Å²) >= 11 is 0.933. The molecule has 4 nitrogen and oxygen atoms in total. The summed E-state index contributed by atoms with van der Waals surface area (Å²) in [5, 5.41) is 2.35. The van der Waals surface area contributed by atoms with Gasteiger partial charge < -0.3 is 0 Å². The molecule has 0 spiro atoms. The second kappa shape index (κ2) is 5.34. The van der Waals surface area contributed by atoms with Crippen LogP contribution in [0.3, 0.4) is 0 Å². The minimum Gasteiger partial charge on any atom is -0.263 e. The SMILES string of the molecule is O=S(=O)(Nc1ccc2c(n1)CCC2)c1cscc1C(F)F. The average Bonchev–Trinajstić information content (AvgIpc) is 3.06. The van der Waals surface area contributed by atoms with Crippen LogP contribution in [0.2, 0.25) is 0 Å². The first-order valence-corrected chi connectivity index (χ1v) is 8.76. The fraction of sp³-hybridized carbons (Fsp3) is 0.308. The van der Waals surface area contributed by atoms with Gasteiger partial charge in [0, 0.05) is 22.0 Å². The lowest BCUT2D eigenvalue weighted by atomic mass is 10.2. The summed E-state index contributed by atoms with van der Waals surface area (Å²) in [5.74, 6) is 0.169. The zero-order valence-electron chi connectivity index (χ0n) is 10.8. The summed E-state index contributed by atoms with van der Waals surface area (Å²) in [6.45, 7) is 0. The van der Waals surface area contributed by atoms with Crippen LogP contribution in [-0.2, 0) is 22.9 Å². The number of fused-ring (bicyclic) bond motifs is 1. The molecule has 1 aliphatic rings. The van der Waals surface area contributed by atoms with E-state index in [9.17, 15) is 17.2 Å². The van der Waals surface area contributed by atoms with Crippen LogP contribution in [0, 0.1) is 0 Å². The molecule has 0 amide bonds. The van der Waals surface area contributed by atoms with Gasteiger partial charge in [0.1, 0.15) is 10.7 Å². The molecule has 1 aliphatic carbocycles. The van der Waals surface area contributed by atoms with E-state index in [0.717, 1.165) is 47.2 Å². The summed E-state index contributed by atoms with van der Waals surface area (Å²) in [5.41, 5.74) is 1.50. The van der Waals surface area contributed by atoms with Gasteiger partial charge in [0.25, 0.3) is 16.4 Å². The highest BCUT2D eigenvalue weighted by Gasteiger charge is 2.25. The molecule has 0 bridgehead atoms. The van der Waals surface area contributed by atoms with Crippen LogP contribution in [-0.4, -0.2) is 13.4 Å². The van der Waals surface area contributed by atoms with Crippen LogP contribution in [0.4, 0.5) is 14.6 Å². The Morgan fingerprint density at radius 1 is 1.24 bits per heavy atom. The molecule has 112 valence electrons. The zero-order chi connectivity index (χ0) is 15.0. The van der Waals surface area contributed by atoms with Crippen molar-refractivity contribution in [3.05, 3.63) is 39.7 Å². The largest absolute Gasteiger partial charge is 0.265 e. The predicted molar refractivity (Wildman–Crippen MR) is 76.3 cm³/mol. The van der Waals surface area contributed by atoms with Crippen molar-refractivity contribution in [1.82, 2.24) is 4.98 Å². The number of sulfonamides is 1. The molecule has 0 aromatic carbocycles. The van der Waals surface area contributed by atoms with Crippen molar-refractivity contribution in [2.75, 3.05) is 4.72 Å². The first kappa shape index (κ1) is 14.4. The molecule has 0 unspecified atom stereocenters. The zero-order valence-corrected chi connectivity index (χ0v) is 12.5. The molecule has 0 aliphatic heterocycles. The molecule has 0 atom stereocenters. The predicted octanol–water partition coefficient (Wildman–Crippen LogP) is 3.37. The molecule has 2 aromatic rings. The quantitative estimate of drug-likeness (QED) is 0.935. The minimum absolute atomic E-state index is 0.169. The minimum atomic E-state index is -4.05. The Kier molecular flexibility index (Phi) is 3.66. The second-order valence-corrected chi connectivity index (χ2v) is 7.15. The Hall–Kier alpha value is -1.54. The van der Waals surface area contributed by atoms with Crippen molar-refractivity contribution >= 4 is 27.2 Å². The summed E-state index contributed by atoms with van der Waals surface area (Å²) in [7, 11) is -4.05. The van der Waals surface area contributed by atoms with Crippen molar-refractivity contribution in [2.45, 2.75) is 30.6 Å². The molecule has 1 N–H and O–H groups in total. The Morgan fingerprint density at radius 3 is 2.81 bits per heavy atom. The Balaban J connectivity index is 1.91. The fourth-order valence-electron chi connectivity index (χ4n) is 2.34. The van der Waals surface area contributed by atoms with E-state index < -0.39 is 22.0 Å². The summed E-state index contributed by atoms with van der Waals surface area (Å²) in [4.78, 5) is 3.86. The molecule has 8 heteroatoms. The number of thiophene rings is 1. The van der Waals surface area contributed by atoms with Crippen molar-refractivity contribution in [3.63, 3.8) is 0 Å². The molecular weight excluding hydrogens is 318 g/mol. The van der Waals surface area contributed by atoms with Gasteiger partial charge in [0.05, 0.1) is 0 Å². The number of nitrogens with one attached hydrogen (secondary N) is 1. The third-order valence-corrected chi connectivity index (χ3v) is 5.67. The lowest BCUT2D eigenvalue weighted by Gasteiger charge is -2.09. The van der Waals surface area contributed by atoms with E-state index in [-0.39, 0.29) is 10.7 Å². The smallest absolute Gasteiger partial charge is 0.263 e. The van der Waals surface area contributed by atoms with Gasteiger partial charge in [0.15, 0.2) is 0 Å². The topological polar surface area (TPSA) is 59.1 Å². The van der Waals surface area contributed by atoms with Gasteiger partial charge in [-0.15, -0.1) is 0 Å². The molecule has 2 aromatic heterocycles. The number of pyridine rings is 1. The molecule has 0 saturated carbocycles. The monoisotopic (exact) mass is 330 g/mol. The molecule has 3 rings (SSSR count). The van der Waals surface area contributed by atoms with E-state index in [1.54, 1.807) is 6.07 Å². The molecule has 21 heavy (non-hydrogen) atoms. The van der Waals surface area contributed by atoms with E-state index in [0.29, 0.717) is 0 Å². The number of aromatic nitrogens is 1. The van der Waals surface area contributed by atoms with Crippen molar-refractivity contribution in [1.29, 1.82) is 0 Å². The van der Waals surface area contributed by atoms with E-state index in [1.165, 1.54) is 5.38 Å². The number of alkyl halides is 2. The fourth-order valence-corrected chi connectivity index (χ4v) is 4.75. The number of rotatable bonds is 4. The highest BCUT2D eigenvalue weighted by atomic mass is 32.2. The standard InChI is InChI=1S/C13H12F2N2O2S2/c14-13(15)9-6-20-7-11(9)21(18,19)17-12-5-4-8-2-1-3-10(8)16-12/h4-7,13H,1-3H2,(H,16,17). The summed E-state index contributed by atoms with van der Waals surface area (Å²) in [6, 6.07) is 3.39. The van der Waals surface area contributed by atoms with Gasteiger partial charge in [-0.1, -0.05) is 6.07 Å². The number of hydrogen-bond donors (Lipinski definition) is 1. The molecule has 0 radical (unpaired) electrons. The Labute approximate surface area is 124 Å². The molecular formula is C13H12F2N2O2S2. The van der Waals surface area contributed by atoms with Gasteiger partial charge in [-0.3, -0.25) is 4.72 Å². The van der Waals surface area contributed by atoms with Crippen LogP contribution < -0.4 is 4.72 Å². The first-order chi connectivity index (χ1) is 9.97. The lowest BCUT2D eigenvalue weighted by molar-refractivity contribution is 0.148. The number of nitrogens with zero attached hydrogens (tertiary/aromatic N) is 1. The number of halogens is 2. The van der Waals surface area contributed by atoms with Gasteiger partial charge in [0.2, 0.25) is 0 Å². The molecule has 0 saturated heterocycles. The van der Waals surface area contributed by atoms with Gasteiger partial charge in [-0.05, 0) is 30.9 Å². The van der Waals surface area contributed by atoms with E-state index >= 15 is 0 Å². The van der Waals surface area contributed by atoms with Gasteiger partial charge in [-0.2, -0.15) is 11.3 Å². The average molecular weight is 330 g/mol. The van der Waals surface area contributed by atoms with Crippen LogP contribution in [0.5, 0.6) is 0 Å². The van der Waals surface area contributed by atoms with Gasteiger partial charge in [-0.25, -0.2) is 22.2 Å². The third-order valence-electron chi connectivity index (χ3n) is 3.35. The highest BCUT2D eigenvalue weighted by molar-refractivity contribution is 7.92. The van der Waals surface area contributed by atoms with Crippen molar-refractivity contribution < 1.29 is 17.2 Å². The van der Waals surface area contributed by atoms with Crippen LogP contribution >= 0.6 is 11.3 Å². The van der Waals surface area contributed by atoms with Gasteiger partial charge >= 0.3 is 0 Å².